The number of alkyl carbamates (subject to hydrolysis) is 1. The van der Waals surface area contributed by atoms with Crippen molar-refractivity contribution in [1.82, 2.24) is 25.8 Å². The van der Waals surface area contributed by atoms with E-state index in [1.54, 1.807) is 39.8 Å². The maximum atomic E-state index is 14.0. The number of esters is 1. The monoisotopic (exact) mass is 615 g/mol. The summed E-state index contributed by atoms with van der Waals surface area (Å²) in [5, 5.41) is 8.54. The Morgan fingerprint density at radius 1 is 1.02 bits per heavy atom. The first-order valence-electron chi connectivity index (χ1n) is 15.3. The number of likely N-dealkylation sites (N-methyl/N-ethyl adjacent to an activating group) is 1. The van der Waals surface area contributed by atoms with Crippen molar-refractivity contribution >= 4 is 29.8 Å². The van der Waals surface area contributed by atoms with Crippen molar-refractivity contribution in [2.75, 3.05) is 34.3 Å². The predicted molar refractivity (Wildman–Crippen MR) is 165 cm³/mol. The maximum Gasteiger partial charge on any atom is 0.408 e. The normalized spacial score (nSPS) is 18.8. The molecule has 0 unspecified atom stereocenters. The third kappa shape index (κ3) is 8.93. The number of benzene rings is 1. The van der Waals surface area contributed by atoms with Gasteiger partial charge >= 0.3 is 12.1 Å². The predicted octanol–water partition coefficient (Wildman–Crippen LogP) is 1.79. The van der Waals surface area contributed by atoms with Crippen molar-refractivity contribution in [3.05, 3.63) is 35.4 Å². The smallest absolute Gasteiger partial charge is 0.408 e. The topological polar surface area (TPSA) is 146 Å². The number of methoxy groups -OCH3 is 1. The Morgan fingerprint density at radius 2 is 1.64 bits per heavy atom. The van der Waals surface area contributed by atoms with E-state index in [0.29, 0.717) is 25.8 Å². The van der Waals surface area contributed by atoms with Crippen LogP contribution in [0.1, 0.15) is 65.0 Å². The summed E-state index contributed by atoms with van der Waals surface area (Å²) in [6, 6.07) is 4.94. The summed E-state index contributed by atoms with van der Waals surface area (Å²) >= 11 is 0. The van der Waals surface area contributed by atoms with E-state index in [9.17, 15) is 24.0 Å². The molecule has 244 valence electrons. The zero-order valence-corrected chi connectivity index (χ0v) is 27.3. The van der Waals surface area contributed by atoms with Crippen LogP contribution in [0.4, 0.5) is 4.79 Å². The largest absolute Gasteiger partial charge is 0.467 e. The summed E-state index contributed by atoms with van der Waals surface area (Å²) in [4.78, 5) is 70.2. The number of amides is 4. The van der Waals surface area contributed by atoms with Crippen molar-refractivity contribution in [2.45, 2.75) is 96.0 Å². The van der Waals surface area contributed by atoms with Gasteiger partial charge in [-0.15, -0.1) is 0 Å². The highest BCUT2D eigenvalue weighted by atomic mass is 16.6. The van der Waals surface area contributed by atoms with E-state index in [2.05, 4.69) is 16.0 Å². The summed E-state index contributed by atoms with van der Waals surface area (Å²) < 4.78 is 10.3. The minimum absolute atomic E-state index is 0.105. The average molecular weight is 616 g/mol. The minimum atomic E-state index is -1.36. The molecule has 12 heteroatoms. The van der Waals surface area contributed by atoms with Gasteiger partial charge in [0.05, 0.1) is 7.11 Å². The summed E-state index contributed by atoms with van der Waals surface area (Å²) in [6.07, 6.45) is 1.11. The van der Waals surface area contributed by atoms with Crippen molar-refractivity contribution in [3.63, 3.8) is 0 Å². The Labute approximate surface area is 260 Å². The number of fused-ring (bicyclic) bond motifs is 1. The van der Waals surface area contributed by atoms with Crippen molar-refractivity contribution < 1.29 is 33.4 Å². The Morgan fingerprint density at radius 3 is 2.16 bits per heavy atom. The molecule has 4 amide bonds. The van der Waals surface area contributed by atoms with Crippen LogP contribution in [-0.4, -0.2) is 103 Å². The first-order chi connectivity index (χ1) is 20.5. The van der Waals surface area contributed by atoms with Crippen LogP contribution in [0.5, 0.6) is 0 Å². The molecule has 0 saturated carbocycles. The number of hydrogen-bond acceptors (Lipinski definition) is 8. The lowest BCUT2D eigenvalue weighted by atomic mass is 9.92. The van der Waals surface area contributed by atoms with Crippen LogP contribution >= 0.6 is 0 Å². The molecule has 0 bridgehead atoms. The van der Waals surface area contributed by atoms with Crippen LogP contribution < -0.4 is 16.0 Å². The number of carbonyl (C=O) groups excluding carboxylic acids is 5. The van der Waals surface area contributed by atoms with Gasteiger partial charge in [-0.3, -0.25) is 14.4 Å². The molecule has 12 nitrogen and oxygen atoms in total. The van der Waals surface area contributed by atoms with E-state index in [-0.39, 0.29) is 25.3 Å². The standard InChI is InChI=1S/C32H49N5O7/c1-20(2)16-23(28(40)43-8)33-29(41)32(17-21-12-9-10-13-22(21)18-32)35-26(38)25-14-11-15-37(25)27(39)24(19-36(6)7)34-30(42)44-31(3,4)5/h9-10,12-13,20,23-25H,11,14-19H2,1-8H3,(H,33,41)(H,34,42)(H,35,38)/t23-,24-,25-/m0/s1. The number of nitrogens with zero attached hydrogens (tertiary/aromatic N) is 2. The molecule has 2 aliphatic rings. The fraction of sp³-hybridized carbons (Fsp3) is 0.656. The van der Waals surface area contributed by atoms with Crippen molar-refractivity contribution in [3.8, 4) is 0 Å². The van der Waals surface area contributed by atoms with Gasteiger partial charge in [0, 0.05) is 25.9 Å². The number of rotatable bonds is 11. The summed E-state index contributed by atoms with van der Waals surface area (Å²) in [6.45, 7) is 9.62. The van der Waals surface area contributed by atoms with E-state index in [4.69, 9.17) is 9.47 Å². The third-order valence-electron chi connectivity index (χ3n) is 7.77. The van der Waals surface area contributed by atoms with Crippen molar-refractivity contribution in [2.24, 2.45) is 5.92 Å². The van der Waals surface area contributed by atoms with Gasteiger partial charge in [-0.05, 0) is 71.2 Å². The van der Waals surface area contributed by atoms with Gasteiger partial charge in [-0.1, -0.05) is 38.1 Å². The lowest BCUT2D eigenvalue weighted by Crippen LogP contribution is -2.65. The second-order valence-electron chi connectivity index (χ2n) is 13.5. The first kappa shape index (κ1) is 34.8. The van der Waals surface area contributed by atoms with Gasteiger partial charge in [0.15, 0.2) is 0 Å². The Hall–Kier alpha value is -3.67. The molecule has 1 aromatic carbocycles. The molecule has 1 heterocycles. The highest BCUT2D eigenvalue weighted by Crippen LogP contribution is 2.32. The van der Waals surface area contributed by atoms with Crippen LogP contribution in [0, 0.1) is 5.92 Å². The fourth-order valence-electron chi connectivity index (χ4n) is 5.87. The minimum Gasteiger partial charge on any atom is -0.467 e. The summed E-state index contributed by atoms with van der Waals surface area (Å²) in [5.74, 6) is -1.79. The van der Waals surface area contributed by atoms with Gasteiger partial charge in [-0.2, -0.15) is 0 Å². The van der Waals surface area contributed by atoms with Crippen LogP contribution in [-0.2, 0) is 41.5 Å². The number of hydrogen-bond donors (Lipinski definition) is 3. The fourth-order valence-corrected chi connectivity index (χ4v) is 5.87. The van der Waals surface area contributed by atoms with Crippen molar-refractivity contribution in [1.29, 1.82) is 0 Å². The molecule has 1 aromatic rings. The molecule has 3 rings (SSSR count). The number of carbonyl (C=O) groups is 5. The Balaban J connectivity index is 1.85. The van der Waals surface area contributed by atoms with Gasteiger partial charge in [0.2, 0.25) is 17.7 Å². The van der Waals surface area contributed by atoms with Gasteiger partial charge in [0.1, 0.15) is 29.3 Å². The molecule has 1 aliphatic carbocycles. The number of nitrogens with one attached hydrogen (secondary N) is 3. The SMILES string of the molecule is COC(=O)[C@H](CC(C)C)NC(=O)C1(NC(=O)[C@@H]2CCCN2C(=O)[C@H](CN(C)C)NC(=O)OC(C)(C)C)Cc2ccccc2C1. The quantitative estimate of drug-likeness (QED) is 0.320. The molecular weight excluding hydrogens is 566 g/mol. The lowest BCUT2D eigenvalue weighted by molar-refractivity contribution is -0.147. The highest BCUT2D eigenvalue weighted by molar-refractivity contribution is 5.98. The zero-order chi connectivity index (χ0) is 32.8. The first-order valence-corrected chi connectivity index (χ1v) is 15.3. The molecule has 44 heavy (non-hydrogen) atoms. The van der Waals surface area contributed by atoms with E-state index in [1.165, 1.54) is 12.0 Å². The maximum absolute atomic E-state index is 14.0. The molecule has 0 aromatic heterocycles. The molecule has 1 saturated heterocycles. The van der Waals surface area contributed by atoms with Gasteiger partial charge in [-0.25, -0.2) is 9.59 Å². The Kier molecular flexibility index (Phi) is 11.4. The van der Waals surface area contributed by atoms with Crippen LogP contribution in [0.2, 0.25) is 0 Å². The van der Waals surface area contributed by atoms with Gasteiger partial charge < -0.3 is 35.2 Å². The van der Waals surface area contributed by atoms with E-state index < -0.39 is 59.0 Å². The number of ether oxygens (including phenoxy) is 2. The molecule has 0 spiro atoms. The van der Waals surface area contributed by atoms with E-state index in [0.717, 1.165) is 11.1 Å². The highest BCUT2D eigenvalue weighted by Gasteiger charge is 2.48. The molecule has 1 fully saturated rings. The lowest BCUT2D eigenvalue weighted by Gasteiger charge is -2.35. The molecular formula is C32H49N5O7. The molecule has 0 radical (unpaired) electrons. The van der Waals surface area contributed by atoms with Crippen LogP contribution in [0.25, 0.3) is 0 Å². The Bertz CT molecular complexity index is 1200. The van der Waals surface area contributed by atoms with Crippen LogP contribution in [0.15, 0.2) is 24.3 Å². The van der Waals surface area contributed by atoms with E-state index >= 15 is 0 Å². The average Bonchev–Trinajstić information content (AvgIpc) is 3.55. The second-order valence-corrected chi connectivity index (χ2v) is 13.5. The van der Waals surface area contributed by atoms with Gasteiger partial charge in [0.25, 0.3) is 0 Å². The number of likely N-dealkylation sites (tertiary alicyclic amines) is 1. The van der Waals surface area contributed by atoms with Crippen LogP contribution in [0.3, 0.4) is 0 Å². The third-order valence-corrected chi connectivity index (χ3v) is 7.77. The molecule has 1 aliphatic heterocycles. The zero-order valence-electron chi connectivity index (χ0n) is 27.3. The molecule has 3 N–H and O–H groups in total. The summed E-state index contributed by atoms with van der Waals surface area (Å²) in [7, 11) is 4.84. The molecule has 3 atom stereocenters. The second kappa shape index (κ2) is 14.4. The van der Waals surface area contributed by atoms with E-state index in [1.807, 2.05) is 38.1 Å². The summed E-state index contributed by atoms with van der Waals surface area (Å²) in [5.41, 5.74) is -0.261.